The lowest BCUT2D eigenvalue weighted by molar-refractivity contribution is 0.0923. The van der Waals surface area contributed by atoms with Gasteiger partial charge in [-0.05, 0) is 37.1 Å². The van der Waals surface area contributed by atoms with E-state index in [-0.39, 0.29) is 17.5 Å². The number of ketones is 1. The third-order valence-corrected chi connectivity index (χ3v) is 2.88. The Morgan fingerprint density at radius 1 is 1.14 bits per heavy atom. The largest absolute Gasteiger partial charge is 0.508 e. The van der Waals surface area contributed by atoms with E-state index in [1.165, 1.54) is 12.8 Å². The van der Waals surface area contributed by atoms with Gasteiger partial charge in [-0.1, -0.05) is 12.8 Å². The van der Waals surface area contributed by atoms with Gasteiger partial charge in [0.2, 0.25) is 0 Å². The van der Waals surface area contributed by atoms with Gasteiger partial charge in [-0.2, -0.15) is 0 Å². The van der Waals surface area contributed by atoms with Crippen molar-refractivity contribution in [3.05, 3.63) is 29.8 Å². The summed E-state index contributed by atoms with van der Waals surface area (Å²) in [5.74, 6) is 0.676. The highest BCUT2D eigenvalue weighted by Crippen LogP contribution is 2.28. The number of benzene rings is 1. The van der Waals surface area contributed by atoms with Gasteiger partial charge in [0.15, 0.2) is 5.78 Å². The van der Waals surface area contributed by atoms with Crippen molar-refractivity contribution in [2.45, 2.75) is 25.7 Å². The molecule has 0 amide bonds. The number of phenolic OH excluding ortho intramolecular Hbond substituents is 1. The van der Waals surface area contributed by atoms with Crippen LogP contribution in [0.3, 0.4) is 0 Å². The molecule has 2 heteroatoms. The molecule has 2 nitrogen and oxygen atoms in total. The number of carbonyl (C=O) groups is 1. The van der Waals surface area contributed by atoms with Crippen LogP contribution >= 0.6 is 0 Å². The Kier molecular flexibility index (Phi) is 2.53. The van der Waals surface area contributed by atoms with Gasteiger partial charge in [-0.15, -0.1) is 0 Å². The summed E-state index contributed by atoms with van der Waals surface area (Å²) in [7, 11) is 0. The predicted octanol–water partition coefficient (Wildman–Crippen LogP) is 2.77. The van der Waals surface area contributed by atoms with E-state index in [0.29, 0.717) is 0 Å². The molecular formula is C12H14O2. The lowest BCUT2D eigenvalue weighted by Gasteiger charge is -2.07. The molecule has 0 heterocycles. The van der Waals surface area contributed by atoms with Crippen molar-refractivity contribution >= 4 is 5.78 Å². The van der Waals surface area contributed by atoms with Crippen molar-refractivity contribution < 1.29 is 9.90 Å². The molecule has 1 saturated carbocycles. The van der Waals surface area contributed by atoms with E-state index in [9.17, 15) is 4.79 Å². The molecule has 0 spiro atoms. The van der Waals surface area contributed by atoms with Crippen LogP contribution in [0.15, 0.2) is 24.3 Å². The molecule has 0 radical (unpaired) electrons. The second kappa shape index (κ2) is 3.82. The topological polar surface area (TPSA) is 37.3 Å². The molecule has 1 N–H and O–H groups in total. The third-order valence-electron chi connectivity index (χ3n) is 2.88. The van der Waals surface area contributed by atoms with Crippen LogP contribution in [0.2, 0.25) is 0 Å². The molecule has 1 aliphatic carbocycles. The Bertz CT molecular complexity index is 321. The normalized spacial score (nSPS) is 17.1. The molecule has 2 rings (SSSR count). The first kappa shape index (κ1) is 9.25. The molecule has 1 fully saturated rings. The van der Waals surface area contributed by atoms with Crippen molar-refractivity contribution in [1.29, 1.82) is 0 Å². The zero-order chi connectivity index (χ0) is 9.97. The standard InChI is InChI=1S/C12H14O2/c13-11-7-5-10(6-8-11)12(14)9-3-1-2-4-9/h5-9,13H,1-4H2. The fraction of sp³-hybridized carbons (Fsp3) is 0.417. The average molecular weight is 190 g/mol. The molecule has 1 aromatic rings. The van der Waals surface area contributed by atoms with Gasteiger partial charge in [0.05, 0.1) is 0 Å². The molecule has 0 saturated heterocycles. The number of carbonyl (C=O) groups excluding carboxylic acids is 1. The Balaban J connectivity index is 2.14. The van der Waals surface area contributed by atoms with Crippen molar-refractivity contribution in [1.82, 2.24) is 0 Å². The van der Waals surface area contributed by atoms with Crippen LogP contribution in [-0.4, -0.2) is 10.9 Å². The SMILES string of the molecule is O=C(c1ccc(O)cc1)C1CCCC1. The minimum atomic E-state index is 0.216. The molecule has 74 valence electrons. The van der Waals surface area contributed by atoms with Crippen molar-refractivity contribution in [2.24, 2.45) is 5.92 Å². The van der Waals surface area contributed by atoms with E-state index < -0.39 is 0 Å². The fourth-order valence-electron chi connectivity index (χ4n) is 2.05. The molecule has 0 aromatic heterocycles. The summed E-state index contributed by atoms with van der Waals surface area (Å²) in [4.78, 5) is 11.9. The molecule has 0 bridgehead atoms. The van der Waals surface area contributed by atoms with Crippen LogP contribution < -0.4 is 0 Å². The summed E-state index contributed by atoms with van der Waals surface area (Å²) in [6.45, 7) is 0. The van der Waals surface area contributed by atoms with Gasteiger partial charge in [0.1, 0.15) is 5.75 Å². The summed E-state index contributed by atoms with van der Waals surface area (Å²) < 4.78 is 0. The highest BCUT2D eigenvalue weighted by molar-refractivity contribution is 5.98. The second-order valence-corrected chi connectivity index (χ2v) is 3.89. The molecule has 14 heavy (non-hydrogen) atoms. The second-order valence-electron chi connectivity index (χ2n) is 3.89. The zero-order valence-corrected chi connectivity index (χ0v) is 8.07. The lowest BCUT2D eigenvalue weighted by atomic mass is 9.96. The van der Waals surface area contributed by atoms with Crippen molar-refractivity contribution in [2.75, 3.05) is 0 Å². The molecular weight excluding hydrogens is 176 g/mol. The van der Waals surface area contributed by atoms with Crippen LogP contribution in [0.4, 0.5) is 0 Å². The third kappa shape index (κ3) is 1.79. The van der Waals surface area contributed by atoms with E-state index in [0.717, 1.165) is 18.4 Å². The monoisotopic (exact) mass is 190 g/mol. The van der Waals surface area contributed by atoms with Gasteiger partial charge in [0, 0.05) is 11.5 Å². The van der Waals surface area contributed by atoms with Crippen LogP contribution in [0, 0.1) is 5.92 Å². The summed E-state index contributed by atoms with van der Waals surface area (Å²) in [5, 5.41) is 9.09. The maximum Gasteiger partial charge on any atom is 0.165 e. The molecule has 1 aromatic carbocycles. The summed E-state index contributed by atoms with van der Waals surface area (Å²) in [6, 6.07) is 6.55. The molecule has 0 aliphatic heterocycles. The smallest absolute Gasteiger partial charge is 0.165 e. The number of phenols is 1. The van der Waals surface area contributed by atoms with Gasteiger partial charge < -0.3 is 5.11 Å². The quantitative estimate of drug-likeness (QED) is 0.728. The molecule has 1 aliphatic rings. The number of hydrogen-bond acceptors (Lipinski definition) is 2. The van der Waals surface area contributed by atoms with Crippen molar-refractivity contribution in [3.63, 3.8) is 0 Å². The van der Waals surface area contributed by atoms with Gasteiger partial charge in [-0.25, -0.2) is 0 Å². The maximum atomic E-state index is 11.9. The van der Waals surface area contributed by atoms with Crippen LogP contribution in [0.5, 0.6) is 5.75 Å². The first-order valence-electron chi connectivity index (χ1n) is 5.10. The highest BCUT2D eigenvalue weighted by atomic mass is 16.3. The van der Waals surface area contributed by atoms with Crippen LogP contribution in [0.1, 0.15) is 36.0 Å². The van der Waals surface area contributed by atoms with E-state index in [1.807, 2.05) is 0 Å². The van der Waals surface area contributed by atoms with Crippen LogP contribution in [0.25, 0.3) is 0 Å². The van der Waals surface area contributed by atoms with Crippen LogP contribution in [-0.2, 0) is 0 Å². The summed E-state index contributed by atoms with van der Waals surface area (Å²) in [5.41, 5.74) is 0.731. The number of aromatic hydroxyl groups is 1. The number of rotatable bonds is 2. The van der Waals surface area contributed by atoms with Gasteiger partial charge in [0.25, 0.3) is 0 Å². The number of hydrogen-bond donors (Lipinski definition) is 1. The Hall–Kier alpha value is -1.31. The van der Waals surface area contributed by atoms with E-state index >= 15 is 0 Å². The van der Waals surface area contributed by atoms with Crippen molar-refractivity contribution in [3.8, 4) is 5.75 Å². The van der Waals surface area contributed by atoms with Gasteiger partial charge in [-0.3, -0.25) is 4.79 Å². The minimum absolute atomic E-state index is 0.216. The first-order chi connectivity index (χ1) is 6.77. The van der Waals surface area contributed by atoms with Gasteiger partial charge >= 0.3 is 0 Å². The zero-order valence-electron chi connectivity index (χ0n) is 8.07. The predicted molar refractivity (Wildman–Crippen MR) is 54.4 cm³/mol. The van der Waals surface area contributed by atoms with E-state index in [4.69, 9.17) is 5.11 Å². The maximum absolute atomic E-state index is 11.9. The highest BCUT2D eigenvalue weighted by Gasteiger charge is 2.23. The van der Waals surface area contributed by atoms with E-state index in [1.54, 1.807) is 24.3 Å². The number of Topliss-reactive ketones (excluding diaryl/α,β-unsaturated/α-hetero) is 1. The lowest BCUT2D eigenvalue weighted by Crippen LogP contribution is -2.10. The summed E-state index contributed by atoms with van der Waals surface area (Å²) >= 11 is 0. The fourth-order valence-corrected chi connectivity index (χ4v) is 2.05. The average Bonchev–Trinajstić information content (AvgIpc) is 2.71. The Morgan fingerprint density at radius 2 is 1.71 bits per heavy atom. The summed E-state index contributed by atoms with van der Waals surface area (Å²) in [6.07, 6.45) is 4.41. The first-order valence-corrected chi connectivity index (χ1v) is 5.10. The Labute approximate surface area is 83.6 Å². The van der Waals surface area contributed by atoms with E-state index in [2.05, 4.69) is 0 Å². The molecule has 0 atom stereocenters. The molecule has 0 unspecified atom stereocenters. The minimum Gasteiger partial charge on any atom is -0.508 e. The Morgan fingerprint density at radius 3 is 2.29 bits per heavy atom.